The molecule has 1 aliphatic carbocycles. The van der Waals surface area contributed by atoms with E-state index in [1.807, 2.05) is 6.92 Å². The average molecular weight is 457 g/mol. The minimum Gasteiger partial charge on any atom is -0.289 e. The molecule has 3 aromatic carbocycles. The van der Waals surface area contributed by atoms with Crippen molar-refractivity contribution >= 4 is 31.2 Å². The van der Waals surface area contributed by atoms with Crippen LogP contribution in [-0.4, -0.2) is 40.9 Å². The number of hydrogen-bond donors (Lipinski definition) is 0. The van der Waals surface area contributed by atoms with Crippen molar-refractivity contribution in [2.45, 2.75) is 16.7 Å². The van der Waals surface area contributed by atoms with E-state index in [9.17, 15) is 26.4 Å². The van der Waals surface area contributed by atoms with Gasteiger partial charge >= 0.3 is 0 Å². The van der Waals surface area contributed by atoms with E-state index in [2.05, 4.69) is 0 Å². The van der Waals surface area contributed by atoms with Crippen LogP contribution >= 0.6 is 0 Å². The number of aryl methyl sites for hydroxylation is 1. The molecule has 160 valence electrons. The Kier molecular flexibility index (Phi) is 5.98. The zero-order chi connectivity index (χ0) is 23.0. The predicted molar refractivity (Wildman–Crippen MR) is 117 cm³/mol. The Morgan fingerprint density at radius 1 is 0.548 bits per heavy atom. The molecule has 0 atom stereocenters. The molecule has 4 rings (SSSR count). The first-order valence-corrected chi connectivity index (χ1v) is 13.0. The molecule has 0 amide bonds. The summed E-state index contributed by atoms with van der Waals surface area (Å²) < 4.78 is 45.0. The Labute approximate surface area is 181 Å². The van der Waals surface area contributed by atoms with Crippen molar-refractivity contribution in [3.05, 3.63) is 94.5 Å². The highest BCUT2D eigenvalue weighted by molar-refractivity contribution is 7.91. The smallest absolute Gasteiger partial charge is 0.194 e. The first-order valence-electron chi connectivity index (χ1n) is 9.19. The van der Waals surface area contributed by atoms with E-state index in [0.717, 1.165) is 11.8 Å². The van der Waals surface area contributed by atoms with E-state index in [1.54, 1.807) is 48.5 Å². The summed E-state index contributed by atoms with van der Waals surface area (Å²) in [5.74, 6) is -0.573. The van der Waals surface area contributed by atoms with E-state index in [1.165, 1.54) is 24.5 Å². The normalized spacial score (nSPS) is 13.0. The lowest BCUT2D eigenvalue weighted by Crippen LogP contribution is -2.21. The molecule has 0 saturated heterocycles. The molecule has 0 aromatic heterocycles. The molecule has 0 saturated carbocycles. The van der Waals surface area contributed by atoms with E-state index in [0.29, 0.717) is 16.0 Å². The minimum absolute atomic E-state index is 0.0387. The fraction of sp³-hybridized carbons (Fsp3) is 0.130. The molecular formula is C23H20O6S2. The predicted octanol–water partition coefficient (Wildman–Crippen LogP) is 3.26. The highest BCUT2D eigenvalue weighted by Crippen LogP contribution is 2.28. The van der Waals surface area contributed by atoms with Crippen LogP contribution in [0.5, 0.6) is 0 Å². The van der Waals surface area contributed by atoms with Crippen LogP contribution in [-0.2, 0) is 19.7 Å². The van der Waals surface area contributed by atoms with E-state index < -0.39 is 19.7 Å². The fourth-order valence-electron chi connectivity index (χ4n) is 3.09. The second-order valence-corrected chi connectivity index (χ2v) is 11.3. The van der Waals surface area contributed by atoms with E-state index >= 15 is 0 Å². The van der Waals surface area contributed by atoms with Crippen LogP contribution in [0.1, 0.15) is 37.4 Å². The van der Waals surface area contributed by atoms with Gasteiger partial charge in [-0.25, -0.2) is 16.8 Å². The Morgan fingerprint density at radius 3 is 1.45 bits per heavy atom. The van der Waals surface area contributed by atoms with Crippen LogP contribution in [0.25, 0.3) is 0 Å². The number of benzene rings is 3. The van der Waals surface area contributed by atoms with E-state index in [-0.39, 0.29) is 27.6 Å². The Hall–Kier alpha value is -3.10. The van der Waals surface area contributed by atoms with Gasteiger partial charge in [-0.05, 0) is 37.3 Å². The zero-order valence-corrected chi connectivity index (χ0v) is 18.7. The van der Waals surface area contributed by atoms with Crippen molar-refractivity contribution in [1.29, 1.82) is 0 Å². The summed E-state index contributed by atoms with van der Waals surface area (Å²) in [5.41, 5.74) is 2.14. The van der Waals surface area contributed by atoms with Crippen LogP contribution in [0.15, 0.2) is 76.5 Å². The fourth-order valence-corrected chi connectivity index (χ4v) is 4.37. The van der Waals surface area contributed by atoms with Gasteiger partial charge in [0.25, 0.3) is 0 Å². The molecule has 0 spiro atoms. The SMILES string of the molecule is CS(=O)(=O)c1ccc2c(c1)C(=O)c1ccccc1C2=O.Cc1ccc(S(C)(=O)=O)cc1. The number of sulfone groups is 2. The summed E-state index contributed by atoms with van der Waals surface area (Å²) in [6.45, 7) is 1.92. The maximum atomic E-state index is 12.4. The Morgan fingerprint density at radius 2 is 0.968 bits per heavy atom. The maximum Gasteiger partial charge on any atom is 0.194 e. The van der Waals surface area contributed by atoms with Gasteiger partial charge in [0.15, 0.2) is 31.2 Å². The van der Waals surface area contributed by atoms with Gasteiger partial charge in [0.2, 0.25) is 0 Å². The quantitative estimate of drug-likeness (QED) is 0.459. The van der Waals surface area contributed by atoms with Crippen LogP contribution < -0.4 is 0 Å². The summed E-state index contributed by atoms with van der Waals surface area (Å²) in [5, 5.41) is 0. The lowest BCUT2D eigenvalue weighted by Gasteiger charge is -2.17. The standard InChI is InChI=1S/C15H10O4S.C8H10O2S/c1-20(18,19)9-6-7-12-13(8-9)15(17)11-5-3-2-4-10(11)14(12)16;1-7-3-5-8(6-4-7)11(2,9)10/h2-8H,1H3;3-6H,1-2H3. The van der Waals surface area contributed by atoms with Gasteiger partial charge < -0.3 is 0 Å². The van der Waals surface area contributed by atoms with Crippen molar-refractivity contribution in [3.8, 4) is 0 Å². The number of carbonyl (C=O) groups excluding carboxylic acids is 2. The lowest BCUT2D eigenvalue weighted by molar-refractivity contribution is 0.0979. The topological polar surface area (TPSA) is 102 Å². The highest BCUT2D eigenvalue weighted by Gasteiger charge is 2.30. The third-order valence-corrected chi connectivity index (χ3v) is 7.01. The number of rotatable bonds is 2. The summed E-state index contributed by atoms with van der Waals surface area (Å²) >= 11 is 0. The summed E-state index contributed by atoms with van der Waals surface area (Å²) in [6.07, 6.45) is 2.27. The second-order valence-electron chi connectivity index (χ2n) is 7.27. The van der Waals surface area contributed by atoms with Gasteiger partial charge in [-0.15, -0.1) is 0 Å². The van der Waals surface area contributed by atoms with Crippen molar-refractivity contribution in [2.75, 3.05) is 12.5 Å². The van der Waals surface area contributed by atoms with Gasteiger partial charge in [0.1, 0.15) is 0 Å². The van der Waals surface area contributed by atoms with Gasteiger partial charge in [0, 0.05) is 34.8 Å². The number of carbonyl (C=O) groups is 2. The molecule has 0 bridgehead atoms. The number of ketones is 2. The largest absolute Gasteiger partial charge is 0.289 e. The third kappa shape index (κ3) is 4.81. The molecular weight excluding hydrogens is 436 g/mol. The van der Waals surface area contributed by atoms with Gasteiger partial charge in [-0.1, -0.05) is 42.0 Å². The number of fused-ring (bicyclic) bond motifs is 2. The van der Waals surface area contributed by atoms with Gasteiger partial charge in [-0.2, -0.15) is 0 Å². The summed E-state index contributed by atoms with van der Waals surface area (Å²) in [6, 6.07) is 17.4. The number of hydrogen-bond acceptors (Lipinski definition) is 6. The van der Waals surface area contributed by atoms with Crippen molar-refractivity contribution < 1.29 is 26.4 Å². The van der Waals surface area contributed by atoms with Crippen LogP contribution in [0.3, 0.4) is 0 Å². The summed E-state index contributed by atoms with van der Waals surface area (Å²) in [4.78, 5) is 25.1. The third-order valence-electron chi connectivity index (χ3n) is 4.77. The first-order chi connectivity index (χ1) is 14.4. The van der Waals surface area contributed by atoms with Gasteiger partial charge in [0.05, 0.1) is 9.79 Å². The van der Waals surface area contributed by atoms with Crippen molar-refractivity contribution in [1.82, 2.24) is 0 Å². The molecule has 3 aromatic rings. The minimum atomic E-state index is -3.42. The lowest BCUT2D eigenvalue weighted by atomic mass is 9.84. The van der Waals surface area contributed by atoms with E-state index in [4.69, 9.17) is 0 Å². The molecule has 8 heteroatoms. The van der Waals surface area contributed by atoms with Gasteiger partial charge in [-0.3, -0.25) is 9.59 Å². The van der Waals surface area contributed by atoms with Crippen LogP contribution in [0.2, 0.25) is 0 Å². The molecule has 1 aliphatic rings. The Bertz CT molecular complexity index is 1400. The molecule has 31 heavy (non-hydrogen) atoms. The molecule has 0 N–H and O–H groups in total. The zero-order valence-electron chi connectivity index (χ0n) is 17.1. The second kappa shape index (κ2) is 8.20. The first kappa shape index (κ1) is 22.6. The highest BCUT2D eigenvalue weighted by atomic mass is 32.2. The van der Waals surface area contributed by atoms with Crippen LogP contribution in [0, 0.1) is 6.92 Å². The summed E-state index contributed by atoms with van der Waals surface area (Å²) in [7, 11) is -6.44. The monoisotopic (exact) mass is 456 g/mol. The molecule has 0 unspecified atom stereocenters. The maximum absolute atomic E-state index is 12.4. The molecule has 0 radical (unpaired) electrons. The van der Waals surface area contributed by atoms with Crippen molar-refractivity contribution in [3.63, 3.8) is 0 Å². The Balaban J connectivity index is 0.000000210. The average Bonchev–Trinajstić information content (AvgIpc) is 2.71. The molecule has 6 nitrogen and oxygen atoms in total. The van der Waals surface area contributed by atoms with Crippen molar-refractivity contribution in [2.24, 2.45) is 0 Å². The molecule has 0 fully saturated rings. The van der Waals surface area contributed by atoms with Crippen LogP contribution in [0.4, 0.5) is 0 Å². The molecule has 0 aliphatic heterocycles. The molecule has 0 heterocycles.